The summed E-state index contributed by atoms with van der Waals surface area (Å²) in [6.07, 6.45) is 0. The first-order valence-electron chi connectivity index (χ1n) is 22.8. The van der Waals surface area contributed by atoms with E-state index in [0.717, 1.165) is 17.1 Å². The van der Waals surface area contributed by atoms with Gasteiger partial charge >= 0.3 is 0 Å². The van der Waals surface area contributed by atoms with E-state index in [4.69, 9.17) is 0 Å². The smallest absolute Gasteiger partial charge is 0.0726 e. The maximum atomic E-state index is 2.53. The zero-order valence-corrected chi connectivity index (χ0v) is 36.6. The van der Waals surface area contributed by atoms with Gasteiger partial charge in [0.15, 0.2) is 0 Å². The first kappa shape index (κ1) is 36.1. The number of benzene rings is 11. The minimum atomic E-state index is -0.530. The average Bonchev–Trinajstić information content (AvgIpc) is 4.01. The standard InChI is InChI=1S/C63H38N2S/c1-2-18-44-39(14-1)15-13-28-57(44)65-58-27-9-5-21-48(58)49-34-31-42(37-59(49)65)64(43-32-35-51-50-22-6-10-29-60(50)66-61(51)38-43)41-30-33-47-52-23-11-16-40-17-12-26-55(62(40)52)63(56(47)36-41)53-24-7-3-19-45(53)46-20-4-8-25-54(46)63/h1-38H. The zero-order valence-electron chi connectivity index (χ0n) is 35.7. The molecule has 3 heteroatoms. The Morgan fingerprint density at radius 1 is 0.333 bits per heavy atom. The van der Waals surface area contributed by atoms with Gasteiger partial charge in [0.05, 0.1) is 22.1 Å². The van der Waals surface area contributed by atoms with Crippen LogP contribution in [0.3, 0.4) is 0 Å². The minimum absolute atomic E-state index is 0.530. The van der Waals surface area contributed by atoms with E-state index in [-0.39, 0.29) is 0 Å². The summed E-state index contributed by atoms with van der Waals surface area (Å²) in [5.41, 5.74) is 16.9. The van der Waals surface area contributed by atoms with E-state index in [2.05, 4.69) is 240 Å². The summed E-state index contributed by atoms with van der Waals surface area (Å²) >= 11 is 1.87. The molecule has 0 radical (unpaired) electrons. The zero-order chi connectivity index (χ0) is 43.1. The Morgan fingerprint density at radius 2 is 0.879 bits per heavy atom. The summed E-state index contributed by atoms with van der Waals surface area (Å²) < 4.78 is 5.06. The Labute approximate surface area is 385 Å². The van der Waals surface area contributed by atoms with Crippen molar-refractivity contribution in [2.24, 2.45) is 0 Å². The maximum Gasteiger partial charge on any atom is 0.0726 e. The Morgan fingerprint density at radius 3 is 1.73 bits per heavy atom. The molecule has 0 unspecified atom stereocenters. The van der Waals surface area contributed by atoms with Gasteiger partial charge in [0.2, 0.25) is 0 Å². The van der Waals surface area contributed by atoms with Gasteiger partial charge in [-0.3, -0.25) is 0 Å². The quantitative estimate of drug-likeness (QED) is 0.171. The molecular formula is C63H38N2S. The van der Waals surface area contributed by atoms with Gasteiger partial charge in [-0.05, 0) is 115 Å². The predicted octanol–water partition coefficient (Wildman–Crippen LogP) is 17.3. The van der Waals surface area contributed by atoms with Crippen LogP contribution in [0.2, 0.25) is 0 Å². The second-order valence-electron chi connectivity index (χ2n) is 17.9. The molecule has 0 fully saturated rings. The van der Waals surface area contributed by atoms with Gasteiger partial charge in [-0.25, -0.2) is 0 Å². The highest BCUT2D eigenvalue weighted by Crippen LogP contribution is 2.62. The van der Waals surface area contributed by atoms with Crippen molar-refractivity contribution in [3.63, 3.8) is 0 Å². The summed E-state index contributed by atoms with van der Waals surface area (Å²) in [4.78, 5) is 2.51. The average molecular weight is 855 g/mol. The fourth-order valence-electron chi connectivity index (χ4n) is 12.1. The number of anilines is 3. The lowest BCUT2D eigenvalue weighted by molar-refractivity contribution is 0.773. The third kappa shape index (κ3) is 4.74. The van der Waals surface area contributed by atoms with Crippen molar-refractivity contribution in [3.8, 4) is 27.9 Å². The summed E-state index contributed by atoms with van der Waals surface area (Å²) in [5.74, 6) is 0. The Balaban J connectivity index is 1.04. The van der Waals surface area contributed by atoms with Crippen LogP contribution in [0, 0.1) is 0 Å². The lowest BCUT2D eigenvalue weighted by Crippen LogP contribution is -2.32. The molecule has 1 spiro atoms. The van der Waals surface area contributed by atoms with Crippen molar-refractivity contribution >= 4 is 91.9 Å². The number of para-hydroxylation sites is 1. The molecule has 13 aromatic rings. The van der Waals surface area contributed by atoms with Crippen LogP contribution in [-0.2, 0) is 5.41 Å². The largest absolute Gasteiger partial charge is 0.310 e. The SMILES string of the molecule is c1ccc2c(c1)-c1ccccc1C21c2cc(N(c3ccc4c(c3)sc3ccccc34)c3ccc4c5ccccc5n(-c5cccc6ccccc56)c4c3)ccc2-c2cccc3cccc1c23. The minimum Gasteiger partial charge on any atom is -0.310 e. The van der Waals surface area contributed by atoms with E-state index in [1.165, 1.54) is 114 Å². The van der Waals surface area contributed by atoms with Gasteiger partial charge in [0, 0.05) is 53.4 Å². The number of rotatable bonds is 4. The monoisotopic (exact) mass is 854 g/mol. The first-order chi connectivity index (χ1) is 32.7. The second kappa shape index (κ2) is 13.4. The molecule has 0 atom stereocenters. The Bertz CT molecular complexity index is 4150. The number of hydrogen-bond acceptors (Lipinski definition) is 2. The molecule has 15 rings (SSSR count). The fraction of sp³-hybridized carbons (Fsp3) is 0.0159. The molecule has 66 heavy (non-hydrogen) atoms. The topological polar surface area (TPSA) is 8.17 Å². The van der Waals surface area contributed by atoms with E-state index in [9.17, 15) is 0 Å². The summed E-state index contributed by atoms with van der Waals surface area (Å²) in [7, 11) is 0. The van der Waals surface area contributed by atoms with Crippen LogP contribution < -0.4 is 4.90 Å². The summed E-state index contributed by atoms with van der Waals surface area (Å²) in [5, 5.41) is 10.1. The highest BCUT2D eigenvalue weighted by molar-refractivity contribution is 7.25. The van der Waals surface area contributed by atoms with Gasteiger partial charge in [0.1, 0.15) is 0 Å². The van der Waals surface area contributed by atoms with E-state index >= 15 is 0 Å². The highest BCUT2D eigenvalue weighted by atomic mass is 32.1. The number of fused-ring (bicyclic) bond motifs is 16. The summed E-state index contributed by atoms with van der Waals surface area (Å²) in [6, 6.07) is 86.6. The van der Waals surface area contributed by atoms with Crippen LogP contribution in [0.1, 0.15) is 22.3 Å². The predicted molar refractivity (Wildman–Crippen MR) is 280 cm³/mol. The van der Waals surface area contributed by atoms with Crippen molar-refractivity contribution in [3.05, 3.63) is 253 Å². The third-order valence-corrected chi connectivity index (χ3v) is 15.9. The molecule has 0 saturated carbocycles. The molecule has 2 nitrogen and oxygen atoms in total. The molecule has 306 valence electrons. The molecule has 2 aliphatic carbocycles. The number of thiophene rings is 1. The lowest BCUT2D eigenvalue weighted by Gasteiger charge is -2.40. The first-order valence-corrected chi connectivity index (χ1v) is 23.6. The molecule has 2 heterocycles. The molecule has 0 saturated heterocycles. The fourth-order valence-corrected chi connectivity index (χ4v) is 13.3. The highest BCUT2D eigenvalue weighted by Gasteiger charge is 2.50. The van der Waals surface area contributed by atoms with Crippen molar-refractivity contribution in [1.82, 2.24) is 4.57 Å². The van der Waals surface area contributed by atoms with Crippen LogP contribution in [0.15, 0.2) is 231 Å². The van der Waals surface area contributed by atoms with Gasteiger partial charge in [-0.1, -0.05) is 176 Å². The van der Waals surface area contributed by atoms with Crippen LogP contribution in [0.4, 0.5) is 17.1 Å². The molecule has 0 bridgehead atoms. The number of aromatic nitrogens is 1. The van der Waals surface area contributed by atoms with Crippen molar-refractivity contribution in [2.75, 3.05) is 4.90 Å². The third-order valence-electron chi connectivity index (χ3n) is 14.8. The van der Waals surface area contributed by atoms with Crippen LogP contribution in [-0.4, -0.2) is 4.57 Å². The Hall–Kier alpha value is -8.24. The summed E-state index contributed by atoms with van der Waals surface area (Å²) in [6.45, 7) is 0. The van der Waals surface area contributed by atoms with Gasteiger partial charge in [0.25, 0.3) is 0 Å². The number of nitrogens with zero attached hydrogens (tertiary/aromatic N) is 2. The molecule has 0 aliphatic heterocycles. The normalized spacial score (nSPS) is 13.3. The van der Waals surface area contributed by atoms with E-state index in [1.807, 2.05) is 11.3 Å². The van der Waals surface area contributed by atoms with Gasteiger partial charge < -0.3 is 9.47 Å². The van der Waals surface area contributed by atoms with Crippen molar-refractivity contribution in [2.45, 2.75) is 5.41 Å². The van der Waals surface area contributed by atoms with Crippen molar-refractivity contribution in [1.29, 1.82) is 0 Å². The van der Waals surface area contributed by atoms with Crippen LogP contribution in [0.25, 0.3) is 91.5 Å². The number of hydrogen-bond donors (Lipinski definition) is 0. The Kier molecular flexibility index (Phi) is 7.34. The molecule has 2 aromatic heterocycles. The van der Waals surface area contributed by atoms with E-state index < -0.39 is 5.41 Å². The molecule has 0 amide bonds. The second-order valence-corrected chi connectivity index (χ2v) is 19.0. The van der Waals surface area contributed by atoms with Crippen LogP contribution >= 0.6 is 11.3 Å². The maximum absolute atomic E-state index is 2.53. The molecular weight excluding hydrogens is 817 g/mol. The van der Waals surface area contributed by atoms with Gasteiger partial charge in [-0.15, -0.1) is 11.3 Å². The van der Waals surface area contributed by atoms with Crippen LogP contribution in [0.5, 0.6) is 0 Å². The molecule has 0 N–H and O–H groups in total. The van der Waals surface area contributed by atoms with Gasteiger partial charge in [-0.2, -0.15) is 0 Å². The van der Waals surface area contributed by atoms with E-state index in [0.29, 0.717) is 0 Å². The van der Waals surface area contributed by atoms with Crippen molar-refractivity contribution < 1.29 is 0 Å². The molecule has 11 aromatic carbocycles. The molecule has 2 aliphatic rings. The van der Waals surface area contributed by atoms with E-state index in [1.54, 1.807) is 0 Å². The lowest BCUT2D eigenvalue weighted by atomic mass is 9.61.